The van der Waals surface area contributed by atoms with E-state index in [-0.39, 0.29) is 23.9 Å². The number of anilines is 1. The third-order valence-corrected chi connectivity index (χ3v) is 8.69. The molecule has 0 aliphatic carbocycles. The van der Waals surface area contributed by atoms with Gasteiger partial charge in [0.05, 0.1) is 23.7 Å². The minimum atomic E-state index is -1.32. The fourth-order valence-corrected chi connectivity index (χ4v) is 5.43. The first-order valence-electron chi connectivity index (χ1n) is 14.4. The van der Waals surface area contributed by atoms with E-state index in [0.717, 1.165) is 18.2 Å². The molecular formula is C34H32F2N4O5Si. The Hall–Kier alpha value is -5.25. The topological polar surface area (TPSA) is 108 Å². The molecule has 1 amide bonds. The van der Waals surface area contributed by atoms with Crippen molar-refractivity contribution in [1.29, 1.82) is 5.26 Å². The number of carbonyl (C=O) groups excluding carboxylic acids is 1. The minimum Gasteiger partial charge on any atom is -0.495 e. The molecule has 12 heteroatoms. The van der Waals surface area contributed by atoms with Crippen molar-refractivity contribution in [1.82, 2.24) is 9.55 Å². The van der Waals surface area contributed by atoms with Gasteiger partial charge in [-0.25, -0.2) is 18.6 Å². The zero-order valence-corrected chi connectivity index (χ0v) is 26.8. The van der Waals surface area contributed by atoms with Crippen LogP contribution in [0.5, 0.6) is 23.0 Å². The van der Waals surface area contributed by atoms with Gasteiger partial charge in [0, 0.05) is 44.8 Å². The first-order chi connectivity index (χ1) is 22.1. The zero-order chi connectivity index (χ0) is 32.8. The normalized spacial score (nSPS) is 11.2. The molecule has 1 N–H and O–H groups in total. The van der Waals surface area contributed by atoms with E-state index >= 15 is 8.78 Å². The quantitative estimate of drug-likeness (QED) is 0.114. The predicted octanol–water partition coefficient (Wildman–Crippen LogP) is 8.58. The van der Waals surface area contributed by atoms with Crippen LogP contribution in [0.15, 0.2) is 79.1 Å². The van der Waals surface area contributed by atoms with Crippen LogP contribution in [0.4, 0.5) is 19.3 Å². The number of carbonyl (C=O) groups is 1. The highest BCUT2D eigenvalue weighted by Crippen LogP contribution is 2.40. The highest BCUT2D eigenvalue weighted by molar-refractivity contribution is 6.76. The first kappa shape index (κ1) is 32.1. The zero-order valence-electron chi connectivity index (χ0n) is 25.8. The van der Waals surface area contributed by atoms with Gasteiger partial charge in [-0.2, -0.15) is 5.26 Å². The number of para-hydroxylation sites is 1. The number of pyridine rings is 1. The second kappa shape index (κ2) is 13.8. The number of hydrogen-bond acceptors (Lipinski definition) is 7. The lowest BCUT2D eigenvalue weighted by atomic mass is 10.0. The lowest BCUT2D eigenvalue weighted by Crippen LogP contribution is -2.22. The van der Waals surface area contributed by atoms with Gasteiger partial charge in [0.15, 0.2) is 17.4 Å². The number of nitriles is 1. The second-order valence-electron chi connectivity index (χ2n) is 11.6. The Morgan fingerprint density at radius 1 is 1.02 bits per heavy atom. The van der Waals surface area contributed by atoms with Crippen LogP contribution in [-0.2, 0) is 11.5 Å². The monoisotopic (exact) mass is 642 g/mol. The Bertz CT molecular complexity index is 1900. The van der Waals surface area contributed by atoms with Gasteiger partial charge in [-0.15, -0.1) is 0 Å². The van der Waals surface area contributed by atoms with Crippen molar-refractivity contribution in [3.63, 3.8) is 0 Å². The Morgan fingerprint density at radius 2 is 1.76 bits per heavy atom. The Morgan fingerprint density at radius 3 is 2.43 bits per heavy atom. The molecule has 0 bridgehead atoms. The fraction of sp³-hybridized carbons (Fsp3) is 0.206. The molecule has 0 atom stereocenters. The van der Waals surface area contributed by atoms with Crippen molar-refractivity contribution in [3.05, 3.63) is 96.3 Å². The van der Waals surface area contributed by atoms with Gasteiger partial charge in [0.2, 0.25) is 0 Å². The molecule has 0 spiro atoms. The van der Waals surface area contributed by atoms with Crippen LogP contribution in [0, 0.1) is 23.0 Å². The largest absolute Gasteiger partial charge is 0.495 e. The molecule has 0 aliphatic heterocycles. The highest BCUT2D eigenvalue weighted by Gasteiger charge is 2.22. The van der Waals surface area contributed by atoms with Crippen LogP contribution in [0.3, 0.4) is 0 Å². The summed E-state index contributed by atoms with van der Waals surface area (Å²) in [6, 6.07) is 19.8. The standard InChI is InChI=1S/C34H32F2N4O5Si/c1-42-29-11-10-22(16-23(29)19-37)26-20-40(21-43-14-15-46(2,3)4)33-31(26)30(12-13-38-33)45-32-27(35)17-24(18-28(32)36)39-34(41)44-25-8-6-5-7-9-25/h5-13,16-18,20H,14-15,21H2,1-4H3,(H,39,41). The number of fused-ring (bicyclic) bond motifs is 1. The van der Waals surface area contributed by atoms with Gasteiger partial charge in [0.1, 0.15) is 35.7 Å². The van der Waals surface area contributed by atoms with Crippen molar-refractivity contribution >= 4 is 30.9 Å². The van der Waals surface area contributed by atoms with E-state index in [1.807, 2.05) is 0 Å². The molecule has 9 nitrogen and oxygen atoms in total. The SMILES string of the molecule is COc1ccc(-c2cn(COCC[Si](C)(C)C)c3nccc(Oc4c(F)cc(NC(=O)Oc5ccccc5)cc4F)c23)cc1C#N. The number of hydrogen-bond donors (Lipinski definition) is 1. The molecule has 0 unspecified atom stereocenters. The molecule has 5 aromatic rings. The van der Waals surface area contributed by atoms with Crippen LogP contribution < -0.4 is 19.5 Å². The van der Waals surface area contributed by atoms with E-state index in [1.54, 1.807) is 59.3 Å². The van der Waals surface area contributed by atoms with Gasteiger partial charge < -0.3 is 23.5 Å². The van der Waals surface area contributed by atoms with Crippen molar-refractivity contribution in [3.8, 4) is 40.2 Å². The average molecular weight is 643 g/mol. The van der Waals surface area contributed by atoms with Crippen LogP contribution >= 0.6 is 0 Å². The van der Waals surface area contributed by atoms with Crippen LogP contribution in [0.1, 0.15) is 5.56 Å². The van der Waals surface area contributed by atoms with E-state index in [2.05, 4.69) is 36.0 Å². The van der Waals surface area contributed by atoms with E-state index in [4.69, 9.17) is 18.9 Å². The number of halogens is 2. The summed E-state index contributed by atoms with van der Waals surface area (Å²) in [6.45, 7) is 7.54. The number of nitrogens with zero attached hydrogens (tertiary/aromatic N) is 3. The van der Waals surface area contributed by atoms with Gasteiger partial charge in [-0.1, -0.05) is 43.9 Å². The number of ether oxygens (including phenoxy) is 4. The highest BCUT2D eigenvalue weighted by atomic mass is 28.3. The molecular weight excluding hydrogens is 610 g/mol. The molecule has 0 saturated heterocycles. The van der Waals surface area contributed by atoms with Crippen molar-refractivity contribution in [2.75, 3.05) is 19.0 Å². The molecule has 5 rings (SSSR count). The van der Waals surface area contributed by atoms with Crippen molar-refractivity contribution in [2.24, 2.45) is 0 Å². The van der Waals surface area contributed by atoms with Crippen LogP contribution in [0.2, 0.25) is 25.7 Å². The summed E-state index contributed by atoms with van der Waals surface area (Å²) < 4.78 is 54.8. The minimum absolute atomic E-state index is 0.122. The summed E-state index contributed by atoms with van der Waals surface area (Å²) >= 11 is 0. The molecule has 0 saturated carbocycles. The molecule has 2 heterocycles. The maximum Gasteiger partial charge on any atom is 0.417 e. The molecule has 0 fully saturated rings. The molecule has 3 aromatic carbocycles. The van der Waals surface area contributed by atoms with E-state index in [9.17, 15) is 10.1 Å². The van der Waals surface area contributed by atoms with Crippen molar-refractivity contribution < 1.29 is 32.5 Å². The predicted molar refractivity (Wildman–Crippen MR) is 173 cm³/mol. The lowest BCUT2D eigenvalue weighted by molar-refractivity contribution is 0.0899. The first-order valence-corrected chi connectivity index (χ1v) is 18.1. The van der Waals surface area contributed by atoms with Gasteiger partial charge in [-0.3, -0.25) is 5.32 Å². The van der Waals surface area contributed by atoms with Crippen LogP contribution in [0.25, 0.3) is 22.2 Å². The molecule has 0 aliphatic rings. The number of methoxy groups -OCH3 is 1. The average Bonchev–Trinajstić information content (AvgIpc) is 3.40. The summed E-state index contributed by atoms with van der Waals surface area (Å²) in [7, 11) is 0.154. The number of rotatable bonds is 11. The summed E-state index contributed by atoms with van der Waals surface area (Å²) in [5, 5.41) is 12.5. The summed E-state index contributed by atoms with van der Waals surface area (Å²) in [5.41, 5.74) is 1.85. The van der Waals surface area contributed by atoms with Gasteiger partial charge >= 0.3 is 6.09 Å². The van der Waals surface area contributed by atoms with E-state index < -0.39 is 31.6 Å². The smallest absolute Gasteiger partial charge is 0.417 e. The van der Waals surface area contributed by atoms with Crippen molar-refractivity contribution in [2.45, 2.75) is 32.4 Å². The van der Waals surface area contributed by atoms with E-state index in [1.165, 1.54) is 19.4 Å². The van der Waals surface area contributed by atoms with Gasteiger partial charge in [-0.05, 0) is 41.9 Å². The Balaban J connectivity index is 1.49. The molecule has 236 valence electrons. The summed E-state index contributed by atoms with van der Waals surface area (Å²) in [5.74, 6) is -1.97. The fourth-order valence-electron chi connectivity index (χ4n) is 4.67. The summed E-state index contributed by atoms with van der Waals surface area (Å²) in [6.07, 6.45) is 2.36. The van der Waals surface area contributed by atoms with Crippen LogP contribution in [-0.4, -0.2) is 37.4 Å². The number of amides is 1. The second-order valence-corrected chi connectivity index (χ2v) is 17.2. The molecule has 46 heavy (non-hydrogen) atoms. The molecule has 2 aromatic heterocycles. The maximum absolute atomic E-state index is 15.3. The Labute approximate surface area is 265 Å². The van der Waals surface area contributed by atoms with E-state index in [0.29, 0.717) is 40.1 Å². The third kappa shape index (κ3) is 7.51. The Kier molecular flexibility index (Phi) is 9.65. The number of nitrogens with one attached hydrogen (secondary N) is 1. The summed E-state index contributed by atoms with van der Waals surface area (Å²) in [4.78, 5) is 16.8. The number of aromatic nitrogens is 2. The lowest BCUT2D eigenvalue weighted by Gasteiger charge is -2.15. The third-order valence-electron chi connectivity index (χ3n) is 6.99. The van der Waals surface area contributed by atoms with Gasteiger partial charge in [0.25, 0.3) is 0 Å². The molecule has 0 radical (unpaired) electrons. The maximum atomic E-state index is 15.3. The number of benzene rings is 3.